The molecule has 0 radical (unpaired) electrons. The van der Waals surface area contributed by atoms with Crippen LogP contribution in [0.15, 0.2) is 48.5 Å². The van der Waals surface area contributed by atoms with Gasteiger partial charge in [0.05, 0.1) is 6.61 Å². The minimum Gasteiger partial charge on any atom is -0.380 e. The molecule has 1 N–H and O–H groups in total. The van der Waals surface area contributed by atoms with Gasteiger partial charge in [-0.05, 0) is 41.8 Å². The van der Waals surface area contributed by atoms with Crippen molar-refractivity contribution >= 4 is 17.5 Å². The number of hydrogen-bond donors (Lipinski definition) is 1. The van der Waals surface area contributed by atoms with Gasteiger partial charge in [0.1, 0.15) is 0 Å². The highest BCUT2D eigenvalue weighted by molar-refractivity contribution is 6.04. The molecule has 130 valence electrons. The average Bonchev–Trinajstić information content (AvgIpc) is 3.01. The number of amides is 2. The summed E-state index contributed by atoms with van der Waals surface area (Å²) in [5, 5.41) is 2.91. The number of nitrogens with zero attached hydrogens (tertiary/aromatic N) is 1. The van der Waals surface area contributed by atoms with Gasteiger partial charge in [-0.25, -0.2) is 0 Å². The number of benzene rings is 2. The first-order chi connectivity index (χ1) is 12.2. The fourth-order valence-corrected chi connectivity index (χ4v) is 3.01. The minimum absolute atomic E-state index is 0.163. The predicted octanol–water partition coefficient (Wildman–Crippen LogP) is 3.21. The molecule has 0 bridgehead atoms. The molecule has 2 amide bonds. The maximum atomic E-state index is 12.5. The molecule has 5 heteroatoms. The summed E-state index contributed by atoms with van der Waals surface area (Å²) >= 11 is 0. The van der Waals surface area contributed by atoms with E-state index in [2.05, 4.69) is 5.32 Å². The summed E-state index contributed by atoms with van der Waals surface area (Å²) in [7, 11) is 1.64. The third-order valence-electron chi connectivity index (χ3n) is 4.23. The molecule has 2 aromatic carbocycles. The minimum atomic E-state index is -0.163. The van der Waals surface area contributed by atoms with Gasteiger partial charge < -0.3 is 15.0 Å². The van der Waals surface area contributed by atoms with Crippen LogP contribution in [0.1, 0.15) is 34.3 Å². The number of carbonyl (C=O) groups is 2. The van der Waals surface area contributed by atoms with E-state index >= 15 is 0 Å². The molecule has 1 fully saturated rings. The van der Waals surface area contributed by atoms with E-state index in [9.17, 15) is 9.59 Å². The normalized spacial score (nSPS) is 14.0. The number of methoxy groups -OCH3 is 1. The number of carbonyl (C=O) groups excluding carboxylic acids is 2. The van der Waals surface area contributed by atoms with E-state index in [4.69, 9.17) is 4.74 Å². The van der Waals surface area contributed by atoms with Gasteiger partial charge in [0, 0.05) is 37.9 Å². The quantitative estimate of drug-likeness (QED) is 0.880. The van der Waals surface area contributed by atoms with Crippen molar-refractivity contribution in [3.8, 4) is 0 Å². The molecule has 1 heterocycles. The van der Waals surface area contributed by atoms with Crippen molar-refractivity contribution in [1.29, 1.82) is 0 Å². The van der Waals surface area contributed by atoms with Crippen LogP contribution >= 0.6 is 0 Å². The molecule has 2 aromatic rings. The molecular weight excluding hydrogens is 316 g/mol. The number of hydrogen-bond acceptors (Lipinski definition) is 3. The molecule has 1 aliphatic heterocycles. The second-order valence-corrected chi connectivity index (χ2v) is 6.21. The summed E-state index contributed by atoms with van der Waals surface area (Å²) in [6, 6.07) is 15.0. The van der Waals surface area contributed by atoms with Crippen molar-refractivity contribution in [2.24, 2.45) is 0 Å². The second kappa shape index (κ2) is 7.94. The van der Waals surface area contributed by atoms with Gasteiger partial charge in [-0.15, -0.1) is 0 Å². The van der Waals surface area contributed by atoms with Gasteiger partial charge in [0.25, 0.3) is 5.91 Å². The summed E-state index contributed by atoms with van der Waals surface area (Å²) in [6.45, 7) is 1.86. The Morgan fingerprint density at radius 1 is 1.16 bits per heavy atom. The molecule has 0 unspecified atom stereocenters. The standard InChI is InChI=1S/C20H22N2O3/c1-25-14-16-6-3-8-18(12-16)21-20(24)17-7-2-5-15(11-17)13-22-10-4-9-19(22)23/h2-3,5-8,11-12H,4,9-10,13-14H2,1H3,(H,21,24). The van der Waals surface area contributed by atoms with Crippen LogP contribution in [0.25, 0.3) is 0 Å². The molecule has 0 aliphatic carbocycles. The first kappa shape index (κ1) is 17.2. The van der Waals surface area contributed by atoms with E-state index in [0.29, 0.717) is 25.1 Å². The van der Waals surface area contributed by atoms with E-state index in [1.54, 1.807) is 13.2 Å². The van der Waals surface area contributed by atoms with Crippen LogP contribution in [0.2, 0.25) is 0 Å². The van der Waals surface area contributed by atoms with Crippen molar-refractivity contribution in [3.63, 3.8) is 0 Å². The summed E-state index contributed by atoms with van der Waals surface area (Å²) in [4.78, 5) is 26.1. The molecule has 1 saturated heterocycles. The van der Waals surface area contributed by atoms with Crippen LogP contribution in [0.3, 0.4) is 0 Å². The molecule has 5 nitrogen and oxygen atoms in total. The maximum Gasteiger partial charge on any atom is 0.255 e. The van der Waals surface area contributed by atoms with Crippen LogP contribution < -0.4 is 5.32 Å². The maximum absolute atomic E-state index is 12.5. The van der Waals surface area contributed by atoms with Crippen molar-refractivity contribution in [3.05, 3.63) is 65.2 Å². The Bertz CT molecular complexity index is 773. The zero-order valence-corrected chi connectivity index (χ0v) is 14.3. The van der Waals surface area contributed by atoms with Crippen LogP contribution in [-0.4, -0.2) is 30.4 Å². The largest absolute Gasteiger partial charge is 0.380 e. The lowest BCUT2D eigenvalue weighted by Gasteiger charge is -2.16. The topological polar surface area (TPSA) is 58.6 Å². The first-order valence-electron chi connectivity index (χ1n) is 8.41. The lowest BCUT2D eigenvalue weighted by Crippen LogP contribution is -2.24. The smallest absolute Gasteiger partial charge is 0.255 e. The van der Waals surface area contributed by atoms with Gasteiger partial charge >= 0.3 is 0 Å². The fraction of sp³-hybridized carbons (Fsp3) is 0.300. The van der Waals surface area contributed by atoms with Gasteiger partial charge in [0.2, 0.25) is 5.91 Å². The van der Waals surface area contributed by atoms with Crippen LogP contribution in [0.5, 0.6) is 0 Å². The Morgan fingerprint density at radius 3 is 2.72 bits per heavy atom. The van der Waals surface area contributed by atoms with Crippen molar-refractivity contribution in [1.82, 2.24) is 4.90 Å². The Kier molecular flexibility index (Phi) is 5.46. The lowest BCUT2D eigenvalue weighted by molar-refractivity contribution is -0.128. The van der Waals surface area contributed by atoms with Gasteiger partial charge in [-0.3, -0.25) is 9.59 Å². The molecule has 0 saturated carbocycles. The lowest BCUT2D eigenvalue weighted by atomic mass is 10.1. The summed E-state index contributed by atoms with van der Waals surface area (Å²) in [5.74, 6) is 0.0222. The summed E-state index contributed by atoms with van der Waals surface area (Å²) in [6.07, 6.45) is 1.54. The summed E-state index contributed by atoms with van der Waals surface area (Å²) < 4.78 is 5.12. The summed E-state index contributed by atoms with van der Waals surface area (Å²) in [5.41, 5.74) is 3.29. The first-order valence-corrected chi connectivity index (χ1v) is 8.41. The number of rotatable bonds is 6. The van der Waals surface area contributed by atoms with Crippen LogP contribution in [-0.2, 0) is 22.7 Å². The van der Waals surface area contributed by atoms with Gasteiger partial charge in [-0.1, -0.05) is 24.3 Å². The van der Waals surface area contributed by atoms with Crippen molar-refractivity contribution in [2.75, 3.05) is 19.0 Å². The Hall–Kier alpha value is -2.66. The fourth-order valence-electron chi connectivity index (χ4n) is 3.01. The monoisotopic (exact) mass is 338 g/mol. The molecule has 1 aliphatic rings. The highest BCUT2D eigenvalue weighted by Gasteiger charge is 2.20. The molecule has 0 aromatic heterocycles. The zero-order chi connectivity index (χ0) is 17.6. The molecule has 0 atom stereocenters. The number of nitrogens with one attached hydrogen (secondary N) is 1. The van der Waals surface area contributed by atoms with Gasteiger partial charge in [0.15, 0.2) is 0 Å². The second-order valence-electron chi connectivity index (χ2n) is 6.21. The van der Waals surface area contributed by atoms with E-state index in [0.717, 1.165) is 29.8 Å². The van der Waals surface area contributed by atoms with E-state index in [1.807, 2.05) is 47.4 Å². The average molecular weight is 338 g/mol. The molecule has 3 rings (SSSR count). The van der Waals surface area contributed by atoms with Crippen molar-refractivity contribution in [2.45, 2.75) is 26.0 Å². The van der Waals surface area contributed by atoms with Crippen LogP contribution in [0, 0.1) is 0 Å². The van der Waals surface area contributed by atoms with Crippen LogP contribution in [0.4, 0.5) is 5.69 Å². The highest BCUT2D eigenvalue weighted by Crippen LogP contribution is 2.17. The van der Waals surface area contributed by atoms with E-state index < -0.39 is 0 Å². The molecule has 0 spiro atoms. The Balaban J connectivity index is 1.68. The van der Waals surface area contributed by atoms with Gasteiger partial charge in [-0.2, -0.15) is 0 Å². The van der Waals surface area contributed by atoms with E-state index in [1.165, 1.54) is 0 Å². The van der Waals surface area contributed by atoms with E-state index in [-0.39, 0.29) is 11.8 Å². The molecular formula is C20H22N2O3. The number of anilines is 1. The molecule has 25 heavy (non-hydrogen) atoms. The third-order valence-corrected chi connectivity index (χ3v) is 4.23. The highest BCUT2D eigenvalue weighted by atomic mass is 16.5. The zero-order valence-electron chi connectivity index (χ0n) is 14.3. The number of ether oxygens (including phenoxy) is 1. The number of likely N-dealkylation sites (tertiary alicyclic amines) is 1. The third kappa shape index (κ3) is 4.45. The predicted molar refractivity (Wildman–Crippen MR) is 96.2 cm³/mol. The SMILES string of the molecule is COCc1cccc(NC(=O)c2cccc(CN3CCCC3=O)c2)c1. The Labute approximate surface area is 147 Å². The Morgan fingerprint density at radius 2 is 1.96 bits per heavy atom. The van der Waals surface area contributed by atoms with Crippen molar-refractivity contribution < 1.29 is 14.3 Å².